The molecule has 0 saturated carbocycles. The molecule has 0 unspecified atom stereocenters. The molecule has 0 radical (unpaired) electrons. The van der Waals surface area contributed by atoms with E-state index in [1.54, 1.807) is 36.1 Å². The number of hydroxylamine groups is 1. The number of pyridine rings is 1. The molecule has 2 aromatic heterocycles. The van der Waals surface area contributed by atoms with Crippen LogP contribution in [0.2, 0.25) is 0 Å². The topological polar surface area (TPSA) is 91.5 Å². The van der Waals surface area contributed by atoms with Crippen molar-refractivity contribution in [2.75, 3.05) is 4.90 Å². The monoisotopic (exact) mass is 296 g/mol. The fraction of sp³-hybridized carbons (Fsp3) is 0.133. The third-order valence-electron chi connectivity index (χ3n) is 3.78. The number of carbonyl (C=O) groups is 1. The fourth-order valence-electron chi connectivity index (χ4n) is 2.73. The van der Waals surface area contributed by atoms with Crippen LogP contribution in [0, 0.1) is 0 Å². The third-order valence-corrected chi connectivity index (χ3v) is 3.78. The van der Waals surface area contributed by atoms with Crippen molar-refractivity contribution in [3.05, 3.63) is 53.3 Å². The summed E-state index contributed by atoms with van der Waals surface area (Å²) in [7, 11) is 0. The lowest BCUT2D eigenvalue weighted by molar-refractivity contribution is 0.0705. The summed E-state index contributed by atoms with van der Waals surface area (Å²) in [5.74, 6) is -0.513. The van der Waals surface area contributed by atoms with Crippen LogP contribution in [-0.4, -0.2) is 21.1 Å². The molecule has 22 heavy (non-hydrogen) atoms. The molecule has 1 aromatic carbocycles. The van der Waals surface area contributed by atoms with Crippen LogP contribution in [-0.2, 0) is 13.1 Å². The van der Waals surface area contributed by atoms with Gasteiger partial charge in [0.15, 0.2) is 5.58 Å². The molecular formula is C15H12N4O3. The maximum Gasteiger partial charge on any atom is 0.299 e. The van der Waals surface area contributed by atoms with Crippen LogP contribution in [0.15, 0.2) is 41.1 Å². The summed E-state index contributed by atoms with van der Waals surface area (Å²) < 4.78 is 5.71. The minimum Gasteiger partial charge on any atom is -0.422 e. The van der Waals surface area contributed by atoms with Gasteiger partial charge < -0.3 is 9.32 Å². The first-order chi connectivity index (χ1) is 10.8. The van der Waals surface area contributed by atoms with E-state index in [-0.39, 0.29) is 0 Å². The minimum absolute atomic E-state index is 0.459. The highest BCUT2D eigenvalue weighted by molar-refractivity contribution is 5.95. The number of hydrogen-bond donors (Lipinski definition) is 2. The molecule has 0 aliphatic carbocycles. The Morgan fingerprint density at radius 3 is 3.05 bits per heavy atom. The van der Waals surface area contributed by atoms with E-state index in [0.29, 0.717) is 30.3 Å². The molecule has 0 spiro atoms. The summed E-state index contributed by atoms with van der Waals surface area (Å²) >= 11 is 0. The zero-order valence-corrected chi connectivity index (χ0v) is 11.5. The van der Waals surface area contributed by atoms with E-state index in [9.17, 15) is 4.79 Å². The van der Waals surface area contributed by atoms with E-state index in [1.165, 1.54) is 0 Å². The smallest absolute Gasteiger partial charge is 0.299 e. The molecule has 0 atom stereocenters. The lowest BCUT2D eigenvalue weighted by atomic mass is 10.0. The number of nitrogens with one attached hydrogen (secondary N) is 1. The molecule has 0 fully saturated rings. The summed E-state index contributed by atoms with van der Waals surface area (Å²) in [5, 5.41) is 8.85. The average molecular weight is 296 g/mol. The highest BCUT2D eigenvalue weighted by Gasteiger charge is 2.27. The number of benzene rings is 1. The van der Waals surface area contributed by atoms with Crippen molar-refractivity contribution in [1.29, 1.82) is 0 Å². The molecule has 3 heterocycles. The van der Waals surface area contributed by atoms with Gasteiger partial charge in [-0.25, -0.2) is 5.48 Å². The van der Waals surface area contributed by atoms with Crippen molar-refractivity contribution in [2.24, 2.45) is 0 Å². The van der Waals surface area contributed by atoms with Gasteiger partial charge in [0, 0.05) is 24.8 Å². The highest BCUT2D eigenvalue weighted by atomic mass is 16.5. The molecule has 1 amide bonds. The molecular weight excluding hydrogens is 284 g/mol. The van der Waals surface area contributed by atoms with Gasteiger partial charge in [0.2, 0.25) is 0 Å². The van der Waals surface area contributed by atoms with Crippen LogP contribution in [0.25, 0.3) is 11.1 Å². The van der Waals surface area contributed by atoms with E-state index in [0.717, 1.165) is 16.6 Å². The van der Waals surface area contributed by atoms with Crippen molar-refractivity contribution in [3.8, 4) is 0 Å². The Labute approximate surface area is 125 Å². The Hall–Kier alpha value is -2.93. The summed E-state index contributed by atoms with van der Waals surface area (Å²) in [6.07, 6.45) is 3.29. The van der Waals surface area contributed by atoms with Crippen LogP contribution in [0.4, 0.5) is 6.01 Å². The highest BCUT2D eigenvalue weighted by Crippen LogP contribution is 2.31. The first-order valence-electron chi connectivity index (χ1n) is 6.77. The van der Waals surface area contributed by atoms with Gasteiger partial charge >= 0.3 is 0 Å². The number of oxazole rings is 1. The molecule has 7 nitrogen and oxygen atoms in total. The van der Waals surface area contributed by atoms with Crippen LogP contribution in [0.1, 0.15) is 21.5 Å². The molecule has 1 aliphatic rings. The Kier molecular flexibility index (Phi) is 2.80. The van der Waals surface area contributed by atoms with Crippen molar-refractivity contribution in [2.45, 2.75) is 13.1 Å². The molecule has 0 saturated heterocycles. The van der Waals surface area contributed by atoms with Gasteiger partial charge in [-0.3, -0.25) is 15.0 Å². The van der Waals surface area contributed by atoms with Gasteiger partial charge in [-0.2, -0.15) is 4.98 Å². The first-order valence-corrected chi connectivity index (χ1v) is 6.77. The van der Waals surface area contributed by atoms with Crippen LogP contribution in [0.5, 0.6) is 0 Å². The SMILES string of the molecule is O=C(NO)c1cccc2c1CN(c1nc3ccncc3o1)C2. The number of amides is 1. The van der Waals surface area contributed by atoms with Gasteiger partial charge in [-0.15, -0.1) is 0 Å². The molecule has 2 N–H and O–H groups in total. The second-order valence-corrected chi connectivity index (χ2v) is 5.08. The van der Waals surface area contributed by atoms with Gasteiger partial charge in [-0.1, -0.05) is 12.1 Å². The van der Waals surface area contributed by atoms with Gasteiger partial charge in [0.05, 0.1) is 6.20 Å². The number of aromatic nitrogens is 2. The second-order valence-electron chi connectivity index (χ2n) is 5.08. The Morgan fingerprint density at radius 2 is 2.23 bits per heavy atom. The number of anilines is 1. The summed E-state index contributed by atoms with van der Waals surface area (Å²) in [6, 6.07) is 7.71. The van der Waals surface area contributed by atoms with Crippen molar-refractivity contribution < 1.29 is 14.4 Å². The molecule has 1 aliphatic heterocycles. The molecule has 0 bridgehead atoms. The quantitative estimate of drug-likeness (QED) is 0.554. The number of rotatable bonds is 2. The number of fused-ring (bicyclic) bond motifs is 2. The number of carbonyl (C=O) groups excluding carboxylic acids is 1. The average Bonchev–Trinajstić information content (AvgIpc) is 3.16. The first kappa shape index (κ1) is 12.8. The predicted octanol–water partition coefficient (Wildman–Crippen LogP) is 1.86. The second kappa shape index (κ2) is 4.81. The van der Waals surface area contributed by atoms with E-state index in [1.807, 2.05) is 11.0 Å². The van der Waals surface area contributed by atoms with E-state index in [2.05, 4.69) is 9.97 Å². The minimum atomic E-state index is -0.513. The van der Waals surface area contributed by atoms with Crippen molar-refractivity contribution >= 4 is 23.0 Å². The fourth-order valence-corrected chi connectivity index (χ4v) is 2.73. The maximum atomic E-state index is 11.7. The van der Waals surface area contributed by atoms with Crippen LogP contribution < -0.4 is 10.4 Å². The lowest BCUT2D eigenvalue weighted by Gasteiger charge is -2.11. The Morgan fingerprint density at radius 1 is 1.32 bits per heavy atom. The maximum absolute atomic E-state index is 11.7. The van der Waals surface area contributed by atoms with E-state index in [4.69, 9.17) is 9.62 Å². The zero-order chi connectivity index (χ0) is 15.1. The predicted molar refractivity (Wildman–Crippen MR) is 77.4 cm³/mol. The number of nitrogens with zero attached hydrogens (tertiary/aromatic N) is 3. The van der Waals surface area contributed by atoms with Gasteiger partial charge in [-0.05, 0) is 23.3 Å². The van der Waals surface area contributed by atoms with Crippen molar-refractivity contribution in [3.63, 3.8) is 0 Å². The van der Waals surface area contributed by atoms with Crippen LogP contribution in [0.3, 0.4) is 0 Å². The molecule has 3 aromatic rings. The van der Waals surface area contributed by atoms with Gasteiger partial charge in [0.25, 0.3) is 11.9 Å². The molecule has 110 valence electrons. The van der Waals surface area contributed by atoms with Crippen molar-refractivity contribution in [1.82, 2.24) is 15.4 Å². The summed E-state index contributed by atoms with van der Waals surface area (Å²) in [6.45, 7) is 1.10. The number of hydrogen-bond acceptors (Lipinski definition) is 6. The Balaban J connectivity index is 1.71. The summed E-state index contributed by atoms with van der Waals surface area (Å²) in [5.41, 5.74) is 5.40. The van der Waals surface area contributed by atoms with E-state index >= 15 is 0 Å². The Bertz CT molecular complexity index is 841. The lowest BCUT2D eigenvalue weighted by Crippen LogP contribution is -2.21. The normalized spacial score (nSPS) is 13.4. The van der Waals surface area contributed by atoms with Crippen LogP contribution >= 0.6 is 0 Å². The zero-order valence-electron chi connectivity index (χ0n) is 11.5. The molecule has 4 rings (SSSR count). The third kappa shape index (κ3) is 1.91. The summed E-state index contributed by atoms with van der Waals surface area (Å²) in [4.78, 5) is 22.1. The standard InChI is InChI=1S/C15H12N4O3/c20-14(18-21)10-3-1-2-9-7-19(8-11(9)10)15-17-12-4-5-16-6-13(12)22-15/h1-6,21H,7-8H2,(H,18,20). The molecule has 7 heteroatoms. The largest absolute Gasteiger partial charge is 0.422 e. The van der Waals surface area contributed by atoms with E-state index < -0.39 is 5.91 Å². The van der Waals surface area contributed by atoms with Gasteiger partial charge in [0.1, 0.15) is 5.52 Å².